The van der Waals surface area contributed by atoms with Crippen LogP contribution in [0.15, 0.2) is 35.1 Å². The maximum Gasteiger partial charge on any atom is 0.271 e. The van der Waals surface area contributed by atoms with Crippen LogP contribution in [0.5, 0.6) is 0 Å². The van der Waals surface area contributed by atoms with Crippen molar-refractivity contribution in [2.45, 2.75) is 19.3 Å². The number of aryl methyl sites for hydroxylation is 1. The highest BCUT2D eigenvalue weighted by Gasteiger charge is 2.21. The van der Waals surface area contributed by atoms with E-state index < -0.39 is 11.4 Å². The molecule has 5 heteroatoms. The van der Waals surface area contributed by atoms with E-state index in [0.717, 1.165) is 11.1 Å². The third kappa shape index (κ3) is 1.97. The highest BCUT2D eigenvalue weighted by molar-refractivity contribution is 5.96. The van der Waals surface area contributed by atoms with Crippen LogP contribution in [0.4, 0.5) is 4.39 Å². The number of hydrogen-bond donors (Lipinski definition) is 0. The number of carbonyl (C=O) groups excluding carboxylic acids is 1. The number of Topliss-reactive ketones (excluding diaryl/α,β-unsaturated/α-hetero) is 1. The summed E-state index contributed by atoms with van der Waals surface area (Å²) >= 11 is 0. The molecule has 0 unspecified atom stereocenters. The van der Waals surface area contributed by atoms with Crippen LogP contribution in [0.3, 0.4) is 0 Å². The van der Waals surface area contributed by atoms with Gasteiger partial charge in [-0.05, 0) is 30.5 Å². The van der Waals surface area contributed by atoms with Gasteiger partial charge in [-0.3, -0.25) is 9.59 Å². The minimum Gasteiger partial charge on any atom is -0.292 e. The van der Waals surface area contributed by atoms with Crippen molar-refractivity contribution in [2.75, 3.05) is 0 Å². The number of fused-ring (bicyclic) bond motifs is 1. The Morgan fingerprint density at radius 3 is 2.74 bits per heavy atom. The highest BCUT2D eigenvalue weighted by Crippen LogP contribution is 2.18. The van der Waals surface area contributed by atoms with Gasteiger partial charge in [0.1, 0.15) is 17.2 Å². The fraction of sp³-hybridized carbons (Fsp3) is 0.214. The smallest absolute Gasteiger partial charge is 0.271 e. The maximum atomic E-state index is 13.7. The molecule has 0 amide bonds. The first-order valence-corrected chi connectivity index (χ1v) is 6.08. The summed E-state index contributed by atoms with van der Waals surface area (Å²) in [4.78, 5) is 23.8. The first-order chi connectivity index (χ1) is 9.16. The molecule has 0 aliphatic heterocycles. The number of carbonyl (C=O) groups is 1. The van der Waals surface area contributed by atoms with E-state index in [1.807, 2.05) is 0 Å². The lowest BCUT2D eigenvalue weighted by Gasteiger charge is -2.15. The molecule has 1 aromatic heterocycles. The normalized spacial score (nSPS) is 14.3. The molecular weight excluding hydrogens is 247 g/mol. The molecule has 1 aliphatic carbocycles. The molecule has 0 N–H and O–H groups in total. The van der Waals surface area contributed by atoms with Gasteiger partial charge in [0.05, 0.1) is 0 Å². The third-order valence-corrected chi connectivity index (χ3v) is 3.21. The Bertz CT molecular complexity index is 722. The Kier molecular flexibility index (Phi) is 2.74. The zero-order valence-electron chi connectivity index (χ0n) is 10.1. The van der Waals surface area contributed by atoms with Crippen molar-refractivity contribution in [3.8, 4) is 5.69 Å². The molecule has 0 atom stereocenters. The lowest BCUT2D eigenvalue weighted by atomic mass is 9.96. The SMILES string of the molecule is O=C1CCCc2cc(=O)n(-c3ccccc3F)nc21. The summed E-state index contributed by atoms with van der Waals surface area (Å²) in [5.41, 5.74) is 0.593. The molecule has 0 bridgehead atoms. The zero-order valence-corrected chi connectivity index (χ0v) is 10.1. The fourth-order valence-corrected chi connectivity index (χ4v) is 2.27. The van der Waals surface area contributed by atoms with Gasteiger partial charge in [-0.2, -0.15) is 9.78 Å². The molecule has 1 aromatic carbocycles. The van der Waals surface area contributed by atoms with Crippen LogP contribution >= 0.6 is 0 Å². The van der Waals surface area contributed by atoms with Crippen LogP contribution in [0.1, 0.15) is 28.9 Å². The van der Waals surface area contributed by atoms with E-state index in [4.69, 9.17) is 0 Å². The van der Waals surface area contributed by atoms with E-state index in [2.05, 4.69) is 5.10 Å². The number of rotatable bonds is 1. The molecule has 0 fully saturated rings. The van der Waals surface area contributed by atoms with Crippen LogP contribution in [0, 0.1) is 5.82 Å². The summed E-state index contributed by atoms with van der Waals surface area (Å²) < 4.78 is 14.7. The molecule has 1 heterocycles. The third-order valence-electron chi connectivity index (χ3n) is 3.21. The molecule has 0 spiro atoms. The van der Waals surface area contributed by atoms with Crippen LogP contribution in [0.25, 0.3) is 5.69 Å². The van der Waals surface area contributed by atoms with Crippen molar-refractivity contribution in [1.82, 2.24) is 9.78 Å². The van der Waals surface area contributed by atoms with Crippen LogP contribution in [-0.4, -0.2) is 15.6 Å². The average Bonchev–Trinajstić information content (AvgIpc) is 2.39. The summed E-state index contributed by atoms with van der Waals surface area (Å²) in [5.74, 6) is -0.633. The number of hydrogen-bond acceptors (Lipinski definition) is 3. The number of halogens is 1. The first-order valence-electron chi connectivity index (χ1n) is 6.08. The minimum atomic E-state index is -0.541. The van der Waals surface area contributed by atoms with Gasteiger partial charge in [0, 0.05) is 12.5 Å². The van der Waals surface area contributed by atoms with Gasteiger partial charge in [-0.1, -0.05) is 12.1 Å². The van der Waals surface area contributed by atoms with Crippen molar-refractivity contribution in [3.05, 3.63) is 57.8 Å². The monoisotopic (exact) mass is 258 g/mol. The Morgan fingerprint density at radius 1 is 1.16 bits per heavy atom. The number of para-hydroxylation sites is 1. The Morgan fingerprint density at radius 2 is 1.95 bits per heavy atom. The molecule has 4 nitrogen and oxygen atoms in total. The van der Waals surface area contributed by atoms with Gasteiger partial charge in [-0.15, -0.1) is 0 Å². The van der Waals surface area contributed by atoms with Crippen LogP contribution < -0.4 is 5.56 Å². The van der Waals surface area contributed by atoms with Gasteiger partial charge in [0.2, 0.25) is 0 Å². The minimum absolute atomic E-state index is 0.0636. The molecule has 1 aliphatic rings. The number of aromatic nitrogens is 2. The predicted octanol–water partition coefficient (Wildman–Crippen LogP) is 1.89. The largest absolute Gasteiger partial charge is 0.292 e. The van der Waals surface area contributed by atoms with Gasteiger partial charge in [0.25, 0.3) is 5.56 Å². The molecule has 0 saturated heterocycles. The molecule has 96 valence electrons. The first kappa shape index (κ1) is 11.8. The number of ketones is 1. The Balaban J connectivity index is 2.24. The van der Waals surface area contributed by atoms with E-state index in [9.17, 15) is 14.0 Å². The van der Waals surface area contributed by atoms with Crippen LogP contribution in [-0.2, 0) is 6.42 Å². The second-order valence-electron chi connectivity index (χ2n) is 4.50. The quantitative estimate of drug-likeness (QED) is 0.785. The highest BCUT2D eigenvalue weighted by atomic mass is 19.1. The van der Waals surface area contributed by atoms with E-state index in [1.165, 1.54) is 24.3 Å². The molecule has 0 saturated carbocycles. The van der Waals surface area contributed by atoms with E-state index in [-0.39, 0.29) is 17.2 Å². The predicted molar refractivity (Wildman–Crippen MR) is 67.1 cm³/mol. The molecule has 0 radical (unpaired) electrons. The molecule has 2 aromatic rings. The number of nitrogens with zero attached hydrogens (tertiary/aromatic N) is 2. The maximum absolute atomic E-state index is 13.7. The van der Waals surface area contributed by atoms with E-state index in [1.54, 1.807) is 6.07 Å². The Hall–Kier alpha value is -2.30. The average molecular weight is 258 g/mol. The summed E-state index contributed by atoms with van der Waals surface area (Å²) in [7, 11) is 0. The van der Waals surface area contributed by atoms with Crippen molar-refractivity contribution in [1.29, 1.82) is 0 Å². The standard InChI is InChI=1S/C14H11FN2O2/c15-10-5-1-2-6-11(10)17-13(19)8-9-4-3-7-12(18)14(9)16-17/h1-2,5-6,8H,3-4,7H2. The second-order valence-corrected chi connectivity index (χ2v) is 4.50. The number of benzene rings is 1. The van der Waals surface area contributed by atoms with Gasteiger partial charge < -0.3 is 0 Å². The van der Waals surface area contributed by atoms with Gasteiger partial charge in [0.15, 0.2) is 5.78 Å². The van der Waals surface area contributed by atoms with Crippen molar-refractivity contribution in [3.63, 3.8) is 0 Å². The summed E-state index contributed by atoms with van der Waals surface area (Å²) in [6.45, 7) is 0. The Labute approximate surface area is 108 Å². The van der Waals surface area contributed by atoms with Crippen molar-refractivity contribution in [2.24, 2.45) is 0 Å². The van der Waals surface area contributed by atoms with Crippen molar-refractivity contribution >= 4 is 5.78 Å². The van der Waals surface area contributed by atoms with Crippen LogP contribution in [0.2, 0.25) is 0 Å². The zero-order chi connectivity index (χ0) is 13.4. The molecular formula is C14H11FN2O2. The van der Waals surface area contributed by atoms with E-state index in [0.29, 0.717) is 18.4 Å². The summed E-state index contributed by atoms with van der Waals surface area (Å²) in [6, 6.07) is 7.25. The molecule has 19 heavy (non-hydrogen) atoms. The summed E-state index contributed by atoms with van der Waals surface area (Å²) in [6.07, 6.45) is 1.83. The fourth-order valence-electron chi connectivity index (χ4n) is 2.27. The van der Waals surface area contributed by atoms with Crippen molar-refractivity contribution < 1.29 is 9.18 Å². The van der Waals surface area contributed by atoms with Gasteiger partial charge in [-0.25, -0.2) is 4.39 Å². The lowest BCUT2D eigenvalue weighted by Crippen LogP contribution is -2.27. The van der Waals surface area contributed by atoms with E-state index >= 15 is 0 Å². The molecule has 3 rings (SSSR count). The van der Waals surface area contributed by atoms with Gasteiger partial charge >= 0.3 is 0 Å². The summed E-state index contributed by atoms with van der Waals surface area (Å²) in [5, 5.41) is 4.04. The topological polar surface area (TPSA) is 52.0 Å². The second kappa shape index (κ2) is 4.42. The lowest BCUT2D eigenvalue weighted by molar-refractivity contribution is 0.0965.